The molecule has 0 aliphatic rings. The number of carbonyl (C=O) groups excluding carboxylic acids is 1. The third kappa shape index (κ3) is 2.48. The van der Waals surface area contributed by atoms with Crippen LogP contribution in [0, 0.1) is 6.92 Å². The molecule has 0 radical (unpaired) electrons. The molecule has 0 fully saturated rings. The van der Waals surface area contributed by atoms with E-state index in [4.69, 9.17) is 0 Å². The van der Waals surface area contributed by atoms with Crippen molar-refractivity contribution in [3.05, 3.63) is 46.2 Å². The summed E-state index contributed by atoms with van der Waals surface area (Å²) in [6.45, 7) is 2.45. The van der Waals surface area contributed by atoms with Gasteiger partial charge in [0.15, 0.2) is 0 Å². The van der Waals surface area contributed by atoms with Crippen LogP contribution in [-0.4, -0.2) is 20.9 Å². The van der Waals surface area contributed by atoms with Crippen molar-refractivity contribution >= 4 is 28.3 Å². The van der Waals surface area contributed by atoms with Crippen LogP contribution in [0.15, 0.2) is 30.7 Å². The van der Waals surface area contributed by atoms with Gasteiger partial charge in [-0.1, -0.05) is 0 Å². The smallest absolute Gasteiger partial charge is 0.251 e. The Morgan fingerprint density at radius 3 is 3.11 bits per heavy atom. The van der Waals surface area contributed by atoms with Crippen molar-refractivity contribution in [3.63, 3.8) is 0 Å². The molecule has 0 aliphatic heterocycles. The van der Waals surface area contributed by atoms with Crippen LogP contribution in [-0.2, 0) is 6.54 Å². The van der Waals surface area contributed by atoms with Gasteiger partial charge in [-0.3, -0.25) is 4.79 Å². The Hall–Kier alpha value is -2.21. The first-order valence-electron chi connectivity index (χ1n) is 5.85. The van der Waals surface area contributed by atoms with E-state index in [0.29, 0.717) is 12.1 Å². The second kappa shape index (κ2) is 4.81. The number of hydrogen-bond acceptors (Lipinski definition) is 4. The standard InChI is InChI=1S/C13H12N4OS/c1-8-14-5-10(19-8)6-15-13(18)9-2-3-11-12(4-9)17-7-16-11/h2-5,7H,6H2,1H3,(H,15,18)(H,16,17). The number of aryl methyl sites for hydroxylation is 1. The molecule has 0 atom stereocenters. The normalized spacial score (nSPS) is 10.8. The molecule has 1 aromatic carbocycles. The average Bonchev–Trinajstić information content (AvgIpc) is 3.03. The molecule has 6 heteroatoms. The minimum absolute atomic E-state index is 0.0949. The summed E-state index contributed by atoms with van der Waals surface area (Å²) < 4.78 is 0. The van der Waals surface area contributed by atoms with Crippen LogP contribution >= 0.6 is 11.3 Å². The highest BCUT2D eigenvalue weighted by Crippen LogP contribution is 2.13. The zero-order valence-electron chi connectivity index (χ0n) is 10.3. The van der Waals surface area contributed by atoms with Gasteiger partial charge in [-0.05, 0) is 25.1 Å². The molecule has 0 spiro atoms. The molecule has 2 heterocycles. The minimum Gasteiger partial charge on any atom is -0.347 e. The number of nitrogens with zero attached hydrogens (tertiary/aromatic N) is 2. The molecule has 0 saturated carbocycles. The van der Waals surface area contributed by atoms with E-state index in [1.165, 1.54) is 0 Å². The summed E-state index contributed by atoms with van der Waals surface area (Å²) in [7, 11) is 0. The van der Waals surface area contributed by atoms with Gasteiger partial charge in [-0.2, -0.15) is 0 Å². The number of thiazole rings is 1. The number of H-pyrrole nitrogens is 1. The lowest BCUT2D eigenvalue weighted by Crippen LogP contribution is -2.22. The van der Waals surface area contributed by atoms with Gasteiger partial charge < -0.3 is 10.3 Å². The summed E-state index contributed by atoms with van der Waals surface area (Å²) >= 11 is 1.59. The van der Waals surface area contributed by atoms with Crippen molar-refractivity contribution in [2.75, 3.05) is 0 Å². The minimum atomic E-state index is -0.0949. The number of hydrogen-bond donors (Lipinski definition) is 2. The van der Waals surface area contributed by atoms with Crippen LogP contribution in [0.3, 0.4) is 0 Å². The van der Waals surface area contributed by atoms with E-state index in [1.807, 2.05) is 13.0 Å². The van der Waals surface area contributed by atoms with Crippen molar-refractivity contribution in [3.8, 4) is 0 Å². The molecule has 19 heavy (non-hydrogen) atoms. The quantitative estimate of drug-likeness (QED) is 0.768. The van der Waals surface area contributed by atoms with E-state index in [9.17, 15) is 4.79 Å². The van der Waals surface area contributed by atoms with E-state index < -0.39 is 0 Å². The lowest BCUT2D eigenvalue weighted by atomic mass is 10.2. The molecule has 1 amide bonds. The number of rotatable bonds is 3. The van der Waals surface area contributed by atoms with Crippen LogP contribution in [0.25, 0.3) is 11.0 Å². The van der Waals surface area contributed by atoms with Crippen LogP contribution in [0.5, 0.6) is 0 Å². The van der Waals surface area contributed by atoms with Gasteiger partial charge in [0.25, 0.3) is 5.91 Å². The van der Waals surface area contributed by atoms with E-state index in [1.54, 1.807) is 36.0 Å². The van der Waals surface area contributed by atoms with Crippen molar-refractivity contribution in [1.82, 2.24) is 20.3 Å². The first-order valence-corrected chi connectivity index (χ1v) is 6.66. The van der Waals surface area contributed by atoms with E-state index in [2.05, 4.69) is 20.3 Å². The summed E-state index contributed by atoms with van der Waals surface area (Å²) in [4.78, 5) is 24.3. The maximum atomic E-state index is 12.0. The van der Waals surface area contributed by atoms with Gasteiger partial charge in [0.2, 0.25) is 0 Å². The number of aromatic amines is 1. The molecule has 0 aliphatic carbocycles. The molecule has 0 unspecified atom stereocenters. The second-order valence-corrected chi connectivity index (χ2v) is 5.48. The summed E-state index contributed by atoms with van der Waals surface area (Å²) in [6, 6.07) is 5.41. The third-order valence-electron chi connectivity index (χ3n) is 2.77. The molecule has 2 aromatic heterocycles. The van der Waals surface area contributed by atoms with Gasteiger partial charge in [0.1, 0.15) is 0 Å². The number of carbonyl (C=O) groups is 1. The maximum Gasteiger partial charge on any atom is 0.251 e. The van der Waals surface area contributed by atoms with Crippen molar-refractivity contribution in [2.24, 2.45) is 0 Å². The molecular formula is C13H12N4OS. The average molecular weight is 272 g/mol. The highest BCUT2D eigenvalue weighted by molar-refractivity contribution is 7.11. The van der Waals surface area contributed by atoms with E-state index in [0.717, 1.165) is 20.9 Å². The first kappa shape index (κ1) is 11.9. The fourth-order valence-electron chi connectivity index (χ4n) is 1.83. The predicted octanol–water partition coefficient (Wildman–Crippen LogP) is 2.26. The first-order chi connectivity index (χ1) is 9.22. The SMILES string of the molecule is Cc1ncc(CNC(=O)c2ccc3nc[nH]c3c2)s1. The Bertz CT molecular complexity index is 731. The molecule has 0 bridgehead atoms. The fourth-order valence-corrected chi connectivity index (χ4v) is 2.57. The topological polar surface area (TPSA) is 70.7 Å². The van der Waals surface area contributed by atoms with Crippen LogP contribution in [0.1, 0.15) is 20.2 Å². The van der Waals surface area contributed by atoms with Crippen LogP contribution < -0.4 is 5.32 Å². The Morgan fingerprint density at radius 1 is 1.42 bits per heavy atom. The van der Waals surface area contributed by atoms with Gasteiger partial charge >= 0.3 is 0 Å². The fraction of sp³-hybridized carbons (Fsp3) is 0.154. The summed E-state index contributed by atoms with van der Waals surface area (Å²) in [6.07, 6.45) is 3.41. The number of imidazole rings is 1. The van der Waals surface area contributed by atoms with Gasteiger partial charge in [-0.15, -0.1) is 11.3 Å². The number of benzene rings is 1. The number of amides is 1. The number of fused-ring (bicyclic) bond motifs is 1. The maximum absolute atomic E-state index is 12.0. The van der Waals surface area contributed by atoms with Gasteiger partial charge in [0.05, 0.1) is 28.9 Å². The molecular weight excluding hydrogens is 260 g/mol. The lowest BCUT2D eigenvalue weighted by molar-refractivity contribution is 0.0951. The zero-order chi connectivity index (χ0) is 13.2. The van der Waals surface area contributed by atoms with Crippen molar-refractivity contribution < 1.29 is 4.79 Å². The Kier molecular flexibility index (Phi) is 3.00. The zero-order valence-corrected chi connectivity index (χ0v) is 11.1. The molecule has 5 nitrogen and oxygen atoms in total. The van der Waals surface area contributed by atoms with E-state index in [-0.39, 0.29) is 5.91 Å². The lowest BCUT2D eigenvalue weighted by Gasteiger charge is -2.03. The second-order valence-electron chi connectivity index (χ2n) is 4.16. The van der Waals surface area contributed by atoms with Gasteiger partial charge in [0, 0.05) is 16.6 Å². The van der Waals surface area contributed by atoms with Gasteiger partial charge in [-0.25, -0.2) is 9.97 Å². The number of nitrogens with one attached hydrogen (secondary N) is 2. The van der Waals surface area contributed by atoms with Crippen molar-refractivity contribution in [1.29, 1.82) is 0 Å². The summed E-state index contributed by atoms with van der Waals surface area (Å²) in [5.41, 5.74) is 2.34. The third-order valence-corrected chi connectivity index (χ3v) is 3.69. The molecule has 0 saturated heterocycles. The molecule has 96 valence electrons. The monoisotopic (exact) mass is 272 g/mol. The van der Waals surface area contributed by atoms with Crippen LogP contribution in [0.4, 0.5) is 0 Å². The van der Waals surface area contributed by atoms with Crippen molar-refractivity contribution in [2.45, 2.75) is 13.5 Å². The predicted molar refractivity (Wildman–Crippen MR) is 74.1 cm³/mol. The Balaban J connectivity index is 1.72. The highest BCUT2D eigenvalue weighted by atomic mass is 32.1. The number of aromatic nitrogens is 3. The summed E-state index contributed by atoms with van der Waals surface area (Å²) in [5.74, 6) is -0.0949. The molecule has 2 N–H and O–H groups in total. The highest BCUT2D eigenvalue weighted by Gasteiger charge is 2.07. The van der Waals surface area contributed by atoms with E-state index >= 15 is 0 Å². The Morgan fingerprint density at radius 2 is 2.32 bits per heavy atom. The molecule has 3 rings (SSSR count). The van der Waals surface area contributed by atoms with Crippen LogP contribution in [0.2, 0.25) is 0 Å². The Labute approximate surface area is 113 Å². The summed E-state index contributed by atoms with van der Waals surface area (Å²) in [5, 5.41) is 3.89. The molecule has 3 aromatic rings. The largest absolute Gasteiger partial charge is 0.347 e.